The van der Waals surface area contributed by atoms with Crippen LogP contribution < -0.4 is 0 Å². The average Bonchev–Trinajstić information content (AvgIpc) is 2.30. The van der Waals surface area contributed by atoms with E-state index in [1.165, 1.54) is 0 Å². The van der Waals surface area contributed by atoms with Gasteiger partial charge in [0, 0.05) is 30.1 Å². The fourth-order valence-electron chi connectivity index (χ4n) is 1.29. The number of aromatic nitrogens is 1. The van der Waals surface area contributed by atoms with E-state index in [1.54, 1.807) is 31.3 Å². The van der Waals surface area contributed by atoms with Crippen molar-refractivity contribution in [2.24, 2.45) is 0 Å². The number of nitrogens with zero attached hydrogens (tertiary/aromatic N) is 2. The summed E-state index contributed by atoms with van der Waals surface area (Å²) in [6, 6.07) is 1.77. The summed E-state index contributed by atoms with van der Waals surface area (Å²) in [4.78, 5) is 16.9. The Labute approximate surface area is 65.5 Å². The van der Waals surface area contributed by atoms with Gasteiger partial charge in [-0.2, -0.15) is 0 Å². The lowest BCUT2D eigenvalue weighted by Crippen LogP contribution is -2.19. The molecule has 0 aromatic carbocycles. The minimum atomic E-state index is 0.0994. The molecule has 0 unspecified atom stereocenters. The van der Waals surface area contributed by atoms with Gasteiger partial charge < -0.3 is 4.81 Å². The SMILES string of the molecule is BN1Cc2cnccc2C1=O. The van der Waals surface area contributed by atoms with E-state index in [9.17, 15) is 4.79 Å². The third-order valence-corrected chi connectivity index (χ3v) is 1.89. The average molecular weight is 146 g/mol. The summed E-state index contributed by atoms with van der Waals surface area (Å²) >= 11 is 0. The highest BCUT2D eigenvalue weighted by atomic mass is 16.2. The van der Waals surface area contributed by atoms with E-state index in [0.29, 0.717) is 6.54 Å². The number of fused-ring (bicyclic) bond motifs is 1. The number of hydrogen-bond acceptors (Lipinski definition) is 2. The zero-order valence-electron chi connectivity index (χ0n) is 6.24. The molecule has 0 aliphatic carbocycles. The van der Waals surface area contributed by atoms with Gasteiger partial charge in [-0.15, -0.1) is 0 Å². The standard InChI is InChI=1S/C7H7BN2O/c8-10-4-5-3-9-2-1-6(5)7(10)11/h1-3H,4,8H2. The molecule has 54 valence electrons. The first-order chi connectivity index (χ1) is 5.29. The van der Waals surface area contributed by atoms with Crippen LogP contribution in [-0.2, 0) is 6.54 Å². The van der Waals surface area contributed by atoms with Gasteiger partial charge in [-0.25, -0.2) is 0 Å². The monoisotopic (exact) mass is 146 g/mol. The van der Waals surface area contributed by atoms with Crippen molar-refractivity contribution < 1.29 is 4.79 Å². The third-order valence-electron chi connectivity index (χ3n) is 1.89. The van der Waals surface area contributed by atoms with Gasteiger partial charge in [0.05, 0.1) is 0 Å². The summed E-state index contributed by atoms with van der Waals surface area (Å²) < 4.78 is 0. The molecule has 0 saturated heterocycles. The van der Waals surface area contributed by atoms with Crippen LogP contribution in [0.3, 0.4) is 0 Å². The molecular weight excluding hydrogens is 139 g/mol. The first-order valence-electron chi connectivity index (χ1n) is 3.47. The second-order valence-corrected chi connectivity index (χ2v) is 2.69. The minimum absolute atomic E-state index is 0.0994. The maximum absolute atomic E-state index is 11.3. The van der Waals surface area contributed by atoms with Crippen LogP contribution in [0, 0.1) is 0 Å². The maximum atomic E-state index is 11.3. The number of carbonyl (C=O) groups excluding carboxylic acids is 1. The number of pyridine rings is 1. The van der Waals surface area contributed by atoms with Gasteiger partial charge in [-0.3, -0.25) is 9.78 Å². The van der Waals surface area contributed by atoms with Crippen molar-refractivity contribution in [1.82, 2.24) is 9.79 Å². The second kappa shape index (κ2) is 2.08. The van der Waals surface area contributed by atoms with Crippen LogP contribution in [0.25, 0.3) is 0 Å². The van der Waals surface area contributed by atoms with Gasteiger partial charge >= 0.3 is 0 Å². The smallest absolute Gasteiger partial charge is 0.242 e. The van der Waals surface area contributed by atoms with E-state index in [2.05, 4.69) is 4.98 Å². The molecule has 11 heavy (non-hydrogen) atoms. The van der Waals surface area contributed by atoms with Crippen molar-refractivity contribution in [2.75, 3.05) is 0 Å². The van der Waals surface area contributed by atoms with E-state index in [-0.39, 0.29) is 5.91 Å². The summed E-state index contributed by atoms with van der Waals surface area (Å²) in [5.74, 6) is 0.0994. The zero-order valence-corrected chi connectivity index (χ0v) is 6.24. The summed E-state index contributed by atoms with van der Waals surface area (Å²) in [5.41, 5.74) is 1.82. The predicted octanol–water partition coefficient (Wildman–Crippen LogP) is -0.414. The lowest BCUT2D eigenvalue weighted by Gasteiger charge is -2.04. The molecule has 2 rings (SSSR count). The highest BCUT2D eigenvalue weighted by Crippen LogP contribution is 2.18. The highest BCUT2D eigenvalue weighted by Gasteiger charge is 2.22. The number of rotatable bonds is 0. The molecule has 0 spiro atoms. The van der Waals surface area contributed by atoms with Crippen LogP contribution in [0.15, 0.2) is 18.5 Å². The Morgan fingerprint density at radius 1 is 1.64 bits per heavy atom. The van der Waals surface area contributed by atoms with Crippen LogP contribution in [0.2, 0.25) is 0 Å². The molecule has 0 fully saturated rings. The summed E-state index contributed by atoms with van der Waals surface area (Å²) in [6.45, 7) is 0.696. The van der Waals surface area contributed by atoms with E-state index < -0.39 is 0 Å². The Balaban J connectivity index is 2.55. The third kappa shape index (κ3) is 0.825. The highest BCUT2D eigenvalue weighted by molar-refractivity contribution is 6.19. The molecule has 1 aliphatic heterocycles. The van der Waals surface area contributed by atoms with Gasteiger partial charge in [0.25, 0.3) is 0 Å². The molecule has 0 radical (unpaired) electrons. The quantitative estimate of drug-likeness (QED) is 0.466. The van der Waals surface area contributed by atoms with Crippen LogP contribution >= 0.6 is 0 Å². The van der Waals surface area contributed by atoms with Crippen LogP contribution in [0.4, 0.5) is 0 Å². The fraction of sp³-hybridized carbons (Fsp3) is 0.143. The van der Waals surface area contributed by atoms with Crippen molar-refractivity contribution in [2.45, 2.75) is 6.54 Å². The maximum Gasteiger partial charge on any atom is 0.242 e. The number of amides is 1. The molecule has 1 aliphatic rings. The molecule has 2 heterocycles. The molecule has 3 nitrogen and oxygen atoms in total. The Kier molecular flexibility index (Phi) is 1.21. The van der Waals surface area contributed by atoms with Gasteiger partial charge in [-0.05, 0) is 6.07 Å². The molecule has 0 N–H and O–H groups in total. The number of carbonyl (C=O) groups is 1. The first-order valence-corrected chi connectivity index (χ1v) is 3.47. The van der Waals surface area contributed by atoms with Gasteiger partial charge in [0.1, 0.15) is 0 Å². The molecule has 1 amide bonds. The largest absolute Gasteiger partial charge is 0.386 e. The zero-order chi connectivity index (χ0) is 7.84. The first kappa shape index (κ1) is 6.40. The summed E-state index contributed by atoms with van der Waals surface area (Å²) in [5, 5.41) is 0. The Hall–Kier alpha value is -1.32. The van der Waals surface area contributed by atoms with Gasteiger partial charge in [-0.1, -0.05) is 0 Å². The second-order valence-electron chi connectivity index (χ2n) is 2.69. The Bertz CT molecular complexity index is 313. The van der Waals surface area contributed by atoms with Crippen LogP contribution in [0.5, 0.6) is 0 Å². The number of hydrogen-bond donors (Lipinski definition) is 0. The molecule has 4 heteroatoms. The Morgan fingerprint density at radius 3 is 3.18 bits per heavy atom. The lowest BCUT2D eigenvalue weighted by molar-refractivity contribution is 0.0880. The van der Waals surface area contributed by atoms with Crippen molar-refractivity contribution in [3.63, 3.8) is 0 Å². The Morgan fingerprint density at radius 2 is 2.45 bits per heavy atom. The molecule has 0 bridgehead atoms. The summed E-state index contributed by atoms with van der Waals surface area (Å²) in [6.07, 6.45) is 3.40. The predicted molar refractivity (Wildman–Crippen MR) is 42.7 cm³/mol. The van der Waals surface area contributed by atoms with Crippen molar-refractivity contribution in [3.05, 3.63) is 29.6 Å². The van der Waals surface area contributed by atoms with Crippen molar-refractivity contribution in [3.8, 4) is 0 Å². The molecular formula is C7H7BN2O. The normalized spacial score (nSPS) is 15.3. The molecule has 1 aromatic heterocycles. The molecule has 0 atom stereocenters. The van der Waals surface area contributed by atoms with E-state index in [1.807, 2.05) is 0 Å². The fourth-order valence-corrected chi connectivity index (χ4v) is 1.29. The van der Waals surface area contributed by atoms with Gasteiger partial charge in [0.2, 0.25) is 13.9 Å². The molecule has 0 saturated carbocycles. The van der Waals surface area contributed by atoms with Gasteiger partial charge in [0.15, 0.2) is 0 Å². The van der Waals surface area contributed by atoms with E-state index >= 15 is 0 Å². The van der Waals surface area contributed by atoms with Crippen molar-refractivity contribution >= 4 is 13.9 Å². The van der Waals surface area contributed by atoms with Crippen molar-refractivity contribution in [1.29, 1.82) is 0 Å². The van der Waals surface area contributed by atoms with E-state index in [0.717, 1.165) is 11.1 Å². The molecule has 1 aromatic rings. The lowest BCUT2D eigenvalue weighted by atomic mass is 10.2. The summed E-state index contributed by atoms with van der Waals surface area (Å²) in [7, 11) is 1.79. The van der Waals surface area contributed by atoms with Crippen LogP contribution in [-0.4, -0.2) is 23.7 Å². The van der Waals surface area contributed by atoms with E-state index in [4.69, 9.17) is 0 Å². The minimum Gasteiger partial charge on any atom is -0.386 e. The van der Waals surface area contributed by atoms with Crippen LogP contribution in [0.1, 0.15) is 15.9 Å². The topological polar surface area (TPSA) is 33.2 Å².